The number of hydrogen-bond acceptors (Lipinski definition) is 2. The fourth-order valence-corrected chi connectivity index (χ4v) is 3.63. The van der Waals surface area contributed by atoms with Gasteiger partial charge in [0.25, 0.3) is 0 Å². The van der Waals surface area contributed by atoms with Crippen molar-refractivity contribution >= 4 is 16.9 Å². The molecule has 3 rings (SSSR count). The Morgan fingerprint density at radius 1 is 1.55 bits per heavy atom. The minimum Gasteiger partial charge on any atom is -0.480 e. The minimum absolute atomic E-state index is 0.276. The average molecular weight is 304 g/mol. The molecule has 0 saturated carbocycles. The molecule has 0 spiro atoms. The average Bonchev–Trinajstić information content (AvgIpc) is 2.81. The van der Waals surface area contributed by atoms with Crippen molar-refractivity contribution in [3.63, 3.8) is 0 Å². The second-order valence-corrected chi connectivity index (χ2v) is 5.95. The van der Waals surface area contributed by atoms with Crippen molar-refractivity contribution in [2.75, 3.05) is 7.05 Å². The molecule has 5 heteroatoms. The highest BCUT2D eigenvalue weighted by molar-refractivity contribution is 5.88. The third-order valence-electron chi connectivity index (χ3n) is 4.75. The predicted molar refractivity (Wildman–Crippen MR) is 83.7 cm³/mol. The van der Waals surface area contributed by atoms with E-state index >= 15 is 0 Å². The number of benzene rings is 1. The van der Waals surface area contributed by atoms with Crippen molar-refractivity contribution in [3.8, 4) is 0 Å². The quantitative estimate of drug-likeness (QED) is 0.913. The molecule has 1 heterocycles. The Balaban J connectivity index is 2.26. The van der Waals surface area contributed by atoms with E-state index in [0.717, 1.165) is 41.4 Å². The van der Waals surface area contributed by atoms with Crippen LogP contribution in [0.5, 0.6) is 0 Å². The van der Waals surface area contributed by atoms with E-state index in [-0.39, 0.29) is 5.82 Å². The van der Waals surface area contributed by atoms with Gasteiger partial charge in [-0.1, -0.05) is 6.92 Å². The lowest BCUT2D eigenvalue weighted by molar-refractivity contribution is -0.140. The number of nitrogens with zero attached hydrogens (tertiary/aromatic N) is 1. The Bertz CT molecular complexity index is 723. The first-order valence-corrected chi connectivity index (χ1v) is 7.78. The number of nitrogens with one attached hydrogen (secondary N) is 1. The first-order chi connectivity index (χ1) is 10.6. The van der Waals surface area contributed by atoms with E-state index in [4.69, 9.17) is 0 Å². The first kappa shape index (κ1) is 15.0. The van der Waals surface area contributed by atoms with Crippen molar-refractivity contribution in [3.05, 3.63) is 35.3 Å². The van der Waals surface area contributed by atoms with Crippen molar-refractivity contribution in [1.82, 2.24) is 9.88 Å². The molecule has 22 heavy (non-hydrogen) atoms. The Hall–Kier alpha value is -1.88. The predicted octanol–water partition coefficient (Wildman–Crippen LogP) is 2.89. The molecule has 2 N–H and O–H groups in total. The molecule has 1 aliphatic rings. The number of halogens is 1. The monoisotopic (exact) mass is 304 g/mol. The molecule has 1 aromatic carbocycles. The van der Waals surface area contributed by atoms with Crippen LogP contribution < -0.4 is 5.32 Å². The standard InChI is InChI=1S/C17H21FN2O2/c1-3-14(17(21)22)20-15-6-4-10(18)8-12(15)13-9-11(19-2)5-7-16(13)20/h4,6,8,11,14,19H,3,5,7,9H2,1-2H3,(H,21,22)/t11-,14?/m0/s1. The number of carbonyl (C=O) groups is 1. The van der Waals surface area contributed by atoms with Crippen LogP contribution in [-0.4, -0.2) is 28.7 Å². The molecule has 1 aromatic heterocycles. The van der Waals surface area contributed by atoms with E-state index in [1.807, 2.05) is 18.5 Å². The molecule has 0 saturated heterocycles. The van der Waals surface area contributed by atoms with Gasteiger partial charge in [0, 0.05) is 22.6 Å². The van der Waals surface area contributed by atoms with Gasteiger partial charge >= 0.3 is 5.97 Å². The van der Waals surface area contributed by atoms with Gasteiger partial charge in [0.2, 0.25) is 0 Å². The molecule has 2 aromatic rings. The SMILES string of the molecule is CCC(C(=O)O)n1c2c(c3cc(F)ccc31)C[C@@H](NC)CC2. The summed E-state index contributed by atoms with van der Waals surface area (Å²) >= 11 is 0. The zero-order valence-electron chi connectivity index (χ0n) is 12.9. The third kappa shape index (κ3) is 2.29. The molecule has 0 radical (unpaired) electrons. The summed E-state index contributed by atoms with van der Waals surface area (Å²) in [6.07, 6.45) is 3.12. The van der Waals surface area contributed by atoms with Gasteiger partial charge in [0.15, 0.2) is 0 Å². The number of aliphatic carboxylic acids is 1. The lowest BCUT2D eigenvalue weighted by Crippen LogP contribution is -2.32. The lowest BCUT2D eigenvalue weighted by atomic mass is 9.91. The van der Waals surface area contributed by atoms with E-state index in [9.17, 15) is 14.3 Å². The van der Waals surface area contributed by atoms with E-state index in [2.05, 4.69) is 5.32 Å². The number of aromatic nitrogens is 1. The van der Waals surface area contributed by atoms with Crippen LogP contribution in [0, 0.1) is 5.82 Å². The molecule has 118 valence electrons. The van der Waals surface area contributed by atoms with E-state index in [1.165, 1.54) is 12.1 Å². The topological polar surface area (TPSA) is 54.3 Å². The maximum atomic E-state index is 13.7. The first-order valence-electron chi connectivity index (χ1n) is 7.78. The largest absolute Gasteiger partial charge is 0.480 e. The number of rotatable bonds is 4. The zero-order valence-corrected chi connectivity index (χ0v) is 12.9. The number of fused-ring (bicyclic) bond motifs is 3. The highest BCUT2D eigenvalue weighted by Crippen LogP contribution is 2.35. The summed E-state index contributed by atoms with van der Waals surface area (Å²) in [4.78, 5) is 11.6. The Morgan fingerprint density at radius 3 is 2.95 bits per heavy atom. The van der Waals surface area contributed by atoms with Crippen LogP contribution >= 0.6 is 0 Å². The summed E-state index contributed by atoms with van der Waals surface area (Å²) in [5.74, 6) is -1.11. The second kappa shape index (κ2) is 5.72. The van der Waals surface area contributed by atoms with Crippen LogP contribution in [0.15, 0.2) is 18.2 Å². The normalized spacial score (nSPS) is 19.1. The maximum Gasteiger partial charge on any atom is 0.326 e. The summed E-state index contributed by atoms with van der Waals surface area (Å²) in [5, 5.41) is 13.7. The van der Waals surface area contributed by atoms with Crippen LogP contribution in [0.4, 0.5) is 4.39 Å². The summed E-state index contributed by atoms with van der Waals surface area (Å²) in [6.45, 7) is 1.87. The molecular formula is C17H21FN2O2. The lowest BCUT2D eigenvalue weighted by Gasteiger charge is -2.25. The van der Waals surface area contributed by atoms with Gasteiger partial charge in [-0.2, -0.15) is 0 Å². The number of carboxylic acid groups (broad SMARTS) is 1. The van der Waals surface area contributed by atoms with Gasteiger partial charge in [-0.15, -0.1) is 0 Å². The van der Waals surface area contributed by atoms with E-state index < -0.39 is 12.0 Å². The molecule has 0 fully saturated rings. The van der Waals surface area contributed by atoms with Gasteiger partial charge in [0.05, 0.1) is 0 Å². The Kier molecular flexibility index (Phi) is 3.91. The fraction of sp³-hybridized carbons (Fsp3) is 0.471. The van der Waals surface area contributed by atoms with Gasteiger partial charge < -0.3 is 15.0 Å². The Morgan fingerprint density at radius 2 is 2.32 bits per heavy atom. The molecule has 0 aliphatic heterocycles. The number of hydrogen-bond donors (Lipinski definition) is 2. The van der Waals surface area contributed by atoms with E-state index in [0.29, 0.717) is 12.5 Å². The van der Waals surface area contributed by atoms with Crippen LogP contribution in [0.25, 0.3) is 10.9 Å². The van der Waals surface area contributed by atoms with Crippen molar-refractivity contribution in [1.29, 1.82) is 0 Å². The number of likely N-dealkylation sites (N-methyl/N-ethyl adjacent to an activating group) is 1. The minimum atomic E-state index is -0.831. The second-order valence-electron chi connectivity index (χ2n) is 5.95. The van der Waals surface area contributed by atoms with Gasteiger partial charge in [-0.3, -0.25) is 0 Å². The highest BCUT2D eigenvalue weighted by atomic mass is 19.1. The van der Waals surface area contributed by atoms with Crippen molar-refractivity contribution in [2.45, 2.75) is 44.7 Å². The van der Waals surface area contributed by atoms with Gasteiger partial charge in [-0.25, -0.2) is 9.18 Å². The maximum absolute atomic E-state index is 13.7. The molecule has 0 bridgehead atoms. The number of carboxylic acids is 1. The summed E-state index contributed by atoms with van der Waals surface area (Å²) in [6, 6.07) is 4.43. The van der Waals surface area contributed by atoms with Gasteiger partial charge in [0.1, 0.15) is 11.9 Å². The van der Waals surface area contributed by atoms with Crippen LogP contribution in [-0.2, 0) is 17.6 Å². The van der Waals surface area contributed by atoms with Crippen LogP contribution in [0.3, 0.4) is 0 Å². The molecule has 4 nitrogen and oxygen atoms in total. The van der Waals surface area contributed by atoms with Crippen molar-refractivity contribution < 1.29 is 14.3 Å². The van der Waals surface area contributed by atoms with Crippen LogP contribution in [0.1, 0.15) is 37.1 Å². The summed E-state index contributed by atoms with van der Waals surface area (Å²) < 4.78 is 15.6. The summed E-state index contributed by atoms with van der Waals surface area (Å²) in [5.41, 5.74) is 2.98. The fourth-order valence-electron chi connectivity index (χ4n) is 3.63. The smallest absolute Gasteiger partial charge is 0.326 e. The molecule has 1 unspecified atom stereocenters. The van der Waals surface area contributed by atoms with Crippen LogP contribution in [0.2, 0.25) is 0 Å². The zero-order chi connectivity index (χ0) is 15.9. The molecule has 0 amide bonds. The van der Waals surface area contributed by atoms with Crippen molar-refractivity contribution in [2.24, 2.45) is 0 Å². The molecule has 1 aliphatic carbocycles. The summed E-state index contributed by atoms with van der Waals surface area (Å²) in [7, 11) is 1.93. The Labute approximate surface area is 128 Å². The molecule has 2 atom stereocenters. The van der Waals surface area contributed by atoms with E-state index in [1.54, 1.807) is 6.07 Å². The third-order valence-corrected chi connectivity index (χ3v) is 4.75. The molecular weight excluding hydrogens is 283 g/mol. The van der Waals surface area contributed by atoms with Gasteiger partial charge in [-0.05, 0) is 56.5 Å². The highest BCUT2D eigenvalue weighted by Gasteiger charge is 2.29.